The predicted molar refractivity (Wildman–Crippen MR) is 141 cm³/mol. The van der Waals surface area contributed by atoms with Gasteiger partial charge in [-0.05, 0) is 48.9 Å². The van der Waals surface area contributed by atoms with Crippen molar-refractivity contribution in [2.45, 2.75) is 13.0 Å². The van der Waals surface area contributed by atoms with Crippen molar-refractivity contribution in [3.8, 4) is 17.2 Å². The quantitative estimate of drug-likeness (QED) is 0.253. The summed E-state index contributed by atoms with van der Waals surface area (Å²) in [5, 5.41) is 1.20. The molecule has 3 aromatic carbocycles. The summed E-state index contributed by atoms with van der Waals surface area (Å²) < 4.78 is 22.6. The van der Waals surface area contributed by atoms with E-state index in [-0.39, 0.29) is 5.43 Å². The molecular weight excluding hydrogens is 456 g/mol. The second-order valence-corrected chi connectivity index (χ2v) is 9.08. The van der Waals surface area contributed by atoms with Gasteiger partial charge in [0.15, 0.2) is 0 Å². The molecule has 0 aliphatic carbocycles. The lowest BCUT2D eigenvalue weighted by Crippen LogP contribution is -2.46. The van der Waals surface area contributed by atoms with Crippen LogP contribution in [0.3, 0.4) is 0 Å². The van der Waals surface area contributed by atoms with Crippen LogP contribution in [0.4, 0.5) is 0 Å². The lowest BCUT2D eigenvalue weighted by molar-refractivity contribution is 0.121. The highest BCUT2D eigenvalue weighted by Gasteiger charge is 2.19. The molecule has 0 radical (unpaired) electrons. The number of hydrogen-bond acceptors (Lipinski definition) is 7. The summed E-state index contributed by atoms with van der Waals surface area (Å²) >= 11 is 0. The van der Waals surface area contributed by atoms with Crippen LogP contribution >= 0.6 is 0 Å². The Morgan fingerprint density at radius 1 is 0.806 bits per heavy atom. The Morgan fingerprint density at radius 3 is 2.25 bits per heavy atom. The first-order valence-corrected chi connectivity index (χ1v) is 12.4. The van der Waals surface area contributed by atoms with Crippen LogP contribution in [0.15, 0.2) is 69.9 Å². The fourth-order valence-electron chi connectivity index (χ4n) is 4.73. The minimum atomic E-state index is -0.00238. The van der Waals surface area contributed by atoms with Gasteiger partial charge in [0.1, 0.15) is 28.4 Å². The molecular formula is C29H32N2O5. The van der Waals surface area contributed by atoms with Crippen LogP contribution in [0.2, 0.25) is 0 Å². The van der Waals surface area contributed by atoms with E-state index < -0.39 is 0 Å². The monoisotopic (exact) mass is 488 g/mol. The van der Waals surface area contributed by atoms with Crippen molar-refractivity contribution < 1.29 is 18.6 Å². The molecule has 0 saturated carbocycles. The Bertz CT molecular complexity index is 1370. The third-order valence-electron chi connectivity index (χ3n) is 6.79. The maximum absolute atomic E-state index is 13.1. The number of rotatable bonds is 9. The number of methoxy groups -OCH3 is 2. The van der Waals surface area contributed by atoms with Crippen LogP contribution in [-0.2, 0) is 6.54 Å². The van der Waals surface area contributed by atoms with Crippen LogP contribution in [0.25, 0.3) is 21.9 Å². The molecule has 7 nitrogen and oxygen atoms in total. The van der Waals surface area contributed by atoms with E-state index in [2.05, 4.69) is 15.9 Å². The summed E-state index contributed by atoms with van der Waals surface area (Å²) in [4.78, 5) is 18.0. The number of para-hydroxylation sites is 1. The second kappa shape index (κ2) is 11.0. The van der Waals surface area contributed by atoms with Gasteiger partial charge >= 0.3 is 0 Å². The number of piperazine rings is 1. The van der Waals surface area contributed by atoms with Crippen molar-refractivity contribution >= 4 is 21.9 Å². The predicted octanol–water partition coefficient (Wildman–Crippen LogP) is 4.55. The van der Waals surface area contributed by atoms with Gasteiger partial charge in [-0.3, -0.25) is 9.69 Å². The summed E-state index contributed by atoms with van der Waals surface area (Å²) in [6.07, 6.45) is 0.983. The molecule has 1 aliphatic rings. The highest BCUT2D eigenvalue weighted by Crippen LogP contribution is 2.26. The highest BCUT2D eigenvalue weighted by atomic mass is 16.5. The largest absolute Gasteiger partial charge is 0.497 e. The molecule has 4 aromatic rings. The number of ether oxygens (including phenoxy) is 3. The van der Waals surface area contributed by atoms with Crippen LogP contribution in [0, 0.1) is 0 Å². The summed E-state index contributed by atoms with van der Waals surface area (Å²) in [5.41, 5.74) is 2.26. The van der Waals surface area contributed by atoms with Crippen molar-refractivity contribution in [2.75, 3.05) is 53.6 Å². The van der Waals surface area contributed by atoms with Gasteiger partial charge in [0.2, 0.25) is 5.43 Å². The van der Waals surface area contributed by atoms with Gasteiger partial charge in [0, 0.05) is 50.9 Å². The third kappa shape index (κ3) is 5.32. The van der Waals surface area contributed by atoms with Gasteiger partial charge in [-0.25, -0.2) is 0 Å². The van der Waals surface area contributed by atoms with Crippen molar-refractivity contribution in [3.63, 3.8) is 0 Å². The Hall–Kier alpha value is -3.55. The summed E-state index contributed by atoms with van der Waals surface area (Å²) in [5.74, 6) is 2.38. The molecule has 0 spiro atoms. The number of fused-ring (bicyclic) bond motifs is 2. The molecule has 1 saturated heterocycles. The molecule has 5 rings (SSSR count). The molecule has 0 unspecified atom stereocenters. The molecule has 1 aromatic heterocycles. The molecule has 36 heavy (non-hydrogen) atoms. The van der Waals surface area contributed by atoms with E-state index in [1.54, 1.807) is 32.4 Å². The normalized spacial score (nSPS) is 14.8. The fourth-order valence-corrected chi connectivity index (χ4v) is 4.73. The molecule has 2 heterocycles. The Morgan fingerprint density at radius 2 is 1.50 bits per heavy atom. The molecule has 1 aliphatic heterocycles. The number of nitrogens with zero attached hydrogens (tertiary/aromatic N) is 2. The molecule has 0 bridgehead atoms. The van der Waals surface area contributed by atoms with Crippen molar-refractivity contribution in [2.24, 2.45) is 0 Å². The SMILES string of the molecule is COc1ccc(OCCCN2CCN(Cc3cccc4c(=O)c5ccc(OC)cc5oc34)CC2)cc1. The second-order valence-electron chi connectivity index (χ2n) is 9.08. The maximum Gasteiger partial charge on any atom is 0.200 e. The van der Waals surface area contributed by atoms with Gasteiger partial charge in [-0.1, -0.05) is 12.1 Å². The summed E-state index contributed by atoms with van der Waals surface area (Å²) in [7, 11) is 3.27. The van der Waals surface area contributed by atoms with Crippen LogP contribution in [-0.4, -0.2) is 63.4 Å². The van der Waals surface area contributed by atoms with Gasteiger partial charge < -0.3 is 23.5 Å². The topological polar surface area (TPSA) is 64.4 Å². The number of hydrogen-bond donors (Lipinski definition) is 0. The van der Waals surface area contributed by atoms with Crippen molar-refractivity contribution in [1.29, 1.82) is 0 Å². The van der Waals surface area contributed by atoms with Crippen LogP contribution < -0.4 is 19.6 Å². The first-order chi connectivity index (χ1) is 17.6. The van der Waals surface area contributed by atoms with E-state index >= 15 is 0 Å². The zero-order valence-electron chi connectivity index (χ0n) is 20.9. The molecule has 0 N–H and O–H groups in total. The zero-order valence-corrected chi connectivity index (χ0v) is 20.9. The van der Waals surface area contributed by atoms with Gasteiger partial charge in [0.25, 0.3) is 0 Å². The van der Waals surface area contributed by atoms with E-state index in [1.807, 2.05) is 36.4 Å². The highest BCUT2D eigenvalue weighted by molar-refractivity contribution is 5.91. The standard InChI is InChI=1S/C29H32N2O5/c1-33-22-7-9-23(10-8-22)35-18-4-13-30-14-16-31(17-15-30)20-21-5-3-6-26-28(32)25-12-11-24(34-2)19-27(25)36-29(21)26/h3,5-12,19H,4,13-18,20H2,1-2H3. The third-order valence-corrected chi connectivity index (χ3v) is 6.79. The average Bonchev–Trinajstić information content (AvgIpc) is 2.92. The lowest BCUT2D eigenvalue weighted by atomic mass is 10.1. The average molecular weight is 489 g/mol. The molecule has 1 fully saturated rings. The van der Waals surface area contributed by atoms with Crippen molar-refractivity contribution in [3.05, 3.63) is 76.5 Å². The molecule has 188 valence electrons. The minimum Gasteiger partial charge on any atom is -0.497 e. The zero-order chi connectivity index (χ0) is 24.9. The van der Waals surface area contributed by atoms with Crippen LogP contribution in [0.1, 0.15) is 12.0 Å². The maximum atomic E-state index is 13.1. The van der Waals surface area contributed by atoms with Crippen molar-refractivity contribution in [1.82, 2.24) is 9.80 Å². The molecule has 0 amide bonds. The van der Waals surface area contributed by atoms with Gasteiger partial charge in [-0.15, -0.1) is 0 Å². The first-order valence-electron chi connectivity index (χ1n) is 12.4. The Kier molecular flexibility index (Phi) is 7.39. The number of benzene rings is 3. The molecule has 0 atom stereocenters. The van der Waals surface area contributed by atoms with E-state index in [4.69, 9.17) is 18.6 Å². The fraction of sp³-hybridized carbons (Fsp3) is 0.345. The van der Waals surface area contributed by atoms with Gasteiger partial charge in [-0.2, -0.15) is 0 Å². The Balaban J connectivity index is 1.17. The van der Waals surface area contributed by atoms with Gasteiger partial charge in [0.05, 0.1) is 31.6 Å². The van der Waals surface area contributed by atoms with E-state index in [0.717, 1.165) is 62.8 Å². The smallest absolute Gasteiger partial charge is 0.200 e. The summed E-state index contributed by atoms with van der Waals surface area (Å²) in [6, 6.07) is 18.9. The van der Waals surface area contributed by atoms with E-state index in [1.165, 1.54) is 0 Å². The minimum absolute atomic E-state index is 0.00238. The van der Waals surface area contributed by atoms with Crippen LogP contribution in [0.5, 0.6) is 17.2 Å². The van der Waals surface area contributed by atoms with E-state index in [0.29, 0.717) is 34.3 Å². The summed E-state index contributed by atoms with van der Waals surface area (Å²) in [6.45, 7) is 6.43. The molecule has 7 heteroatoms. The Labute approximate surface area is 210 Å². The first kappa shape index (κ1) is 24.2. The van der Waals surface area contributed by atoms with E-state index in [9.17, 15) is 4.79 Å². The lowest BCUT2D eigenvalue weighted by Gasteiger charge is -2.34.